The number of hydrogen-bond donors (Lipinski definition) is 1. The number of aromatic nitrogens is 3. The Balaban J connectivity index is 1.85. The molecule has 2 aromatic rings. The largest absolute Gasteiger partial charge is 0.305 e. The molecule has 2 heterocycles. The molecule has 82 valence electrons. The summed E-state index contributed by atoms with van der Waals surface area (Å²) in [5.41, 5.74) is 3.03. The van der Waals surface area contributed by atoms with Gasteiger partial charge in [-0.15, -0.1) is 0 Å². The van der Waals surface area contributed by atoms with Crippen LogP contribution in [0.1, 0.15) is 17.1 Å². The minimum atomic E-state index is 0.712. The number of pyridine rings is 1. The Morgan fingerprint density at radius 1 is 1.06 bits per heavy atom. The van der Waals surface area contributed by atoms with E-state index in [0.717, 1.165) is 23.6 Å². The molecule has 1 N–H and O–H groups in total. The van der Waals surface area contributed by atoms with Crippen LogP contribution in [0.15, 0.2) is 36.5 Å². The van der Waals surface area contributed by atoms with Crippen molar-refractivity contribution in [3.63, 3.8) is 0 Å². The third-order valence-electron chi connectivity index (χ3n) is 2.19. The summed E-state index contributed by atoms with van der Waals surface area (Å²) in [7, 11) is 0. The van der Waals surface area contributed by atoms with Crippen LogP contribution in [-0.4, -0.2) is 15.2 Å². The van der Waals surface area contributed by atoms with Gasteiger partial charge in [-0.3, -0.25) is 4.98 Å². The molecule has 0 aliphatic rings. The lowest BCUT2D eigenvalue weighted by Crippen LogP contribution is -2.14. The van der Waals surface area contributed by atoms with Crippen LogP contribution < -0.4 is 5.32 Å². The van der Waals surface area contributed by atoms with Crippen molar-refractivity contribution in [1.29, 1.82) is 0 Å². The van der Waals surface area contributed by atoms with E-state index in [1.54, 1.807) is 6.20 Å². The van der Waals surface area contributed by atoms with Crippen molar-refractivity contribution in [1.82, 2.24) is 20.5 Å². The van der Waals surface area contributed by atoms with Crippen LogP contribution >= 0.6 is 0 Å². The third-order valence-corrected chi connectivity index (χ3v) is 2.19. The summed E-state index contributed by atoms with van der Waals surface area (Å²) in [5.74, 6) is 0. The van der Waals surface area contributed by atoms with Crippen LogP contribution in [0, 0.1) is 6.92 Å². The van der Waals surface area contributed by atoms with E-state index in [4.69, 9.17) is 0 Å². The molecule has 4 heteroatoms. The molecule has 0 fully saturated rings. The SMILES string of the molecule is Cc1cccc(CNCc2cccnn2)n1. The second-order valence-corrected chi connectivity index (χ2v) is 3.59. The average Bonchev–Trinajstić information content (AvgIpc) is 2.30. The molecule has 4 nitrogen and oxygen atoms in total. The molecule has 0 saturated heterocycles. The standard InChI is InChI=1S/C12H14N4/c1-10-4-2-5-11(15-10)8-13-9-12-6-3-7-14-16-12/h2-7,13H,8-9H2,1H3. The topological polar surface area (TPSA) is 50.7 Å². The fourth-order valence-corrected chi connectivity index (χ4v) is 1.44. The lowest BCUT2D eigenvalue weighted by atomic mass is 10.3. The lowest BCUT2D eigenvalue weighted by Gasteiger charge is -2.03. The van der Waals surface area contributed by atoms with Crippen LogP contribution in [0.3, 0.4) is 0 Å². The molecule has 0 radical (unpaired) electrons. The van der Waals surface area contributed by atoms with Crippen molar-refractivity contribution >= 4 is 0 Å². The normalized spacial score (nSPS) is 10.3. The summed E-state index contributed by atoms with van der Waals surface area (Å²) in [4.78, 5) is 4.41. The molecule has 16 heavy (non-hydrogen) atoms. The maximum absolute atomic E-state index is 4.41. The van der Waals surface area contributed by atoms with E-state index in [1.165, 1.54) is 0 Å². The number of nitrogens with one attached hydrogen (secondary N) is 1. The highest BCUT2D eigenvalue weighted by Gasteiger charge is 1.96. The summed E-state index contributed by atoms with van der Waals surface area (Å²) in [5, 5.41) is 11.1. The predicted molar refractivity (Wildman–Crippen MR) is 61.5 cm³/mol. The van der Waals surface area contributed by atoms with E-state index in [-0.39, 0.29) is 0 Å². The van der Waals surface area contributed by atoms with E-state index >= 15 is 0 Å². The summed E-state index contributed by atoms with van der Waals surface area (Å²) >= 11 is 0. The number of rotatable bonds is 4. The molecular weight excluding hydrogens is 200 g/mol. The molecule has 0 bridgehead atoms. The number of aryl methyl sites for hydroxylation is 1. The zero-order chi connectivity index (χ0) is 11.2. The molecule has 0 amide bonds. The van der Waals surface area contributed by atoms with Crippen molar-refractivity contribution in [2.24, 2.45) is 0 Å². The second kappa shape index (κ2) is 5.32. The number of hydrogen-bond acceptors (Lipinski definition) is 4. The maximum atomic E-state index is 4.41. The van der Waals surface area contributed by atoms with Gasteiger partial charge in [0, 0.05) is 25.0 Å². The first-order valence-corrected chi connectivity index (χ1v) is 5.24. The van der Waals surface area contributed by atoms with Gasteiger partial charge in [0.25, 0.3) is 0 Å². The van der Waals surface area contributed by atoms with Gasteiger partial charge < -0.3 is 5.32 Å². The molecule has 0 unspecified atom stereocenters. The maximum Gasteiger partial charge on any atom is 0.0769 e. The minimum absolute atomic E-state index is 0.712. The molecule has 2 rings (SSSR count). The first-order valence-electron chi connectivity index (χ1n) is 5.24. The fourth-order valence-electron chi connectivity index (χ4n) is 1.44. The Morgan fingerprint density at radius 3 is 2.62 bits per heavy atom. The highest BCUT2D eigenvalue weighted by molar-refractivity contribution is 5.09. The van der Waals surface area contributed by atoms with E-state index in [9.17, 15) is 0 Å². The Labute approximate surface area is 94.8 Å². The van der Waals surface area contributed by atoms with Gasteiger partial charge in [-0.1, -0.05) is 6.07 Å². The highest BCUT2D eigenvalue weighted by atomic mass is 15.1. The van der Waals surface area contributed by atoms with Crippen molar-refractivity contribution in [3.8, 4) is 0 Å². The van der Waals surface area contributed by atoms with Gasteiger partial charge >= 0.3 is 0 Å². The van der Waals surface area contributed by atoms with E-state index in [0.29, 0.717) is 6.54 Å². The second-order valence-electron chi connectivity index (χ2n) is 3.59. The van der Waals surface area contributed by atoms with E-state index in [1.807, 2.05) is 37.3 Å². The molecule has 0 spiro atoms. The quantitative estimate of drug-likeness (QED) is 0.837. The molecule has 0 saturated carbocycles. The first kappa shape index (κ1) is 10.7. The van der Waals surface area contributed by atoms with Crippen LogP contribution in [0.2, 0.25) is 0 Å². The summed E-state index contributed by atoms with van der Waals surface area (Å²) in [6, 6.07) is 9.85. The Kier molecular flexibility index (Phi) is 3.56. The summed E-state index contributed by atoms with van der Waals surface area (Å²) < 4.78 is 0. The minimum Gasteiger partial charge on any atom is -0.305 e. The van der Waals surface area contributed by atoms with E-state index < -0.39 is 0 Å². The average molecular weight is 214 g/mol. The van der Waals surface area contributed by atoms with Gasteiger partial charge in [-0.2, -0.15) is 10.2 Å². The van der Waals surface area contributed by atoms with Gasteiger partial charge in [-0.05, 0) is 31.2 Å². The monoisotopic (exact) mass is 214 g/mol. The van der Waals surface area contributed by atoms with Gasteiger partial charge in [0.1, 0.15) is 0 Å². The van der Waals surface area contributed by atoms with E-state index in [2.05, 4.69) is 20.5 Å². The Morgan fingerprint density at radius 2 is 1.88 bits per heavy atom. The fraction of sp³-hybridized carbons (Fsp3) is 0.250. The van der Waals surface area contributed by atoms with Crippen molar-refractivity contribution < 1.29 is 0 Å². The van der Waals surface area contributed by atoms with Crippen molar-refractivity contribution in [3.05, 3.63) is 53.6 Å². The van der Waals surface area contributed by atoms with Crippen molar-refractivity contribution in [2.75, 3.05) is 0 Å². The lowest BCUT2D eigenvalue weighted by molar-refractivity contribution is 0.658. The molecule has 0 atom stereocenters. The highest BCUT2D eigenvalue weighted by Crippen LogP contribution is 1.98. The van der Waals surface area contributed by atoms with Gasteiger partial charge in [-0.25, -0.2) is 0 Å². The Bertz CT molecular complexity index is 442. The van der Waals surface area contributed by atoms with Crippen molar-refractivity contribution in [2.45, 2.75) is 20.0 Å². The predicted octanol–water partition coefficient (Wildman–Crippen LogP) is 1.47. The van der Waals surface area contributed by atoms with Crippen LogP contribution in [0.4, 0.5) is 0 Å². The molecule has 2 aromatic heterocycles. The van der Waals surface area contributed by atoms with Crippen LogP contribution in [0.25, 0.3) is 0 Å². The van der Waals surface area contributed by atoms with Gasteiger partial charge in [0.2, 0.25) is 0 Å². The Hall–Kier alpha value is -1.81. The smallest absolute Gasteiger partial charge is 0.0769 e. The summed E-state index contributed by atoms with van der Waals surface area (Å²) in [6.45, 7) is 3.45. The zero-order valence-electron chi connectivity index (χ0n) is 9.22. The number of nitrogens with zero attached hydrogens (tertiary/aromatic N) is 3. The van der Waals surface area contributed by atoms with Gasteiger partial charge in [0.05, 0.1) is 11.4 Å². The third kappa shape index (κ3) is 3.10. The van der Waals surface area contributed by atoms with Gasteiger partial charge in [0.15, 0.2) is 0 Å². The zero-order valence-corrected chi connectivity index (χ0v) is 9.22. The van der Waals surface area contributed by atoms with Crippen LogP contribution in [0.5, 0.6) is 0 Å². The van der Waals surface area contributed by atoms with Crippen LogP contribution in [-0.2, 0) is 13.1 Å². The molecule has 0 aliphatic heterocycles. The molecule has 0 aromatic carbocycles. The first-order chi connectivity index (χ1) is 7.84. The summed E-state index contributed by atoms with van der Waals surface area (Å²) in [6.07, 6.45) is 1.67. The molecular formula is C12H14N4. The molecule has 0 aliphatic carbocycles.